The molecule has 2 amide bonds. The number of carbonyl (C=O) groups excluding carboxylic acids is 1. The summed E-state index contributed by atoms with van der Waals surface area (Å²) < 4.78 is 38.4. The second-order valence-electron chi connectivity index (χ2n) is 5.46. The summed E-state index contributed by atoms with van der Waals surface area (Å²) >= 11 is 3.29. The molecule has 0 bridgehead atoms. The van der Waals surface area contributed by atoms with Crippen LogP contribution in [-0.2, 0) is 6.18 Å². The lowest BCUT2D eigenvalue weighted by atomic mass is 10.0. The Morgan fingerprint density at radius 3 is 2.16 bits per heavy atom. The molecule has 0 saturated heterocycles. The van der Waals surface area contributed by atoms with E-state index in [0.717, 1.165) is 28.7 Å². The van der Waals surface area contributed by atoms with E-state index in [0.29, 0.717) is 5.56 Å². The highest BCUT2D eigenvalue weighted by molar-refractivity contribution is 9.10. The van der Waals surface area contributed by atoms with Crippen LogP contribution in [0.2, 0.25) is 0 Å². The first-order valence-electron chi connectivity index (χ1n) is 7.35. The zero-order chi connectivity index (χ0) is 18.6. The number of alkyl halides is 3. The third kappa shape index (κ3) is 5.47. The highest BCUT2D eigenvalue weighted by Crippen LogP contribution is 2.29. The quantitative estimate of drug-likeness (QED) is 0.675. The smallest absolute Gasteiger partial charge is 0.386 e. The van der Waals surface area contributed by atoms with Gasteiger partial charge in [-0.1, -0.05) is 28.1 Å². The summed E-state index contributed by atoms with van der Waals surface area (Å²) in [5, 5.41) is 15.2. The largest absolute Gasteiger partial charge is 0.416 e. The van der Waals surface area contributed by atoms with Crippen molar-refractivity contribution in [2.24, 2.45) is 0 Å². The number of rotatable bonds is 4. The molecule has 3 N–H and O–H groups in total. The minimum atomic E-state index is -4.43. The molecule has 0 saturated carbocycles. The lowest BCUT2D eigenvalue weighted by molar-refractivity contribution is -0.137. The Morgan fingerprint density at radius 2 is 1.64 bits per heavy atom. The molecule has 8 heteroatoms. The molecule has 2 aromatic carbocycles. The van der Waals surface area contributed by atoms with Gasteiger partial charge >= 0.3 is 12.2 Å². The molecule has 0 radical (unpaired) electrons. The van der Waals surface area contributed by atoms with Gasteiger partial charge < -0.3 is 15.7 Å². The molecule has 2 rings (SSSR count). The summed E-state index contributed by atoms with van der Waals surface area (Å²) in [5.74, 6) is 0. The summed E-state index contributed by atoms with van der Waals surface area (Å²) in [6.45, 7) is 1.62. The third-order valence-corrected chi connectivity index (χ3v) is 4.04. The maximum Gasteiger partial charge on any atom is 0.416 e. The molecule has 0 aliphatic heterocycles. The molecule has 4 nitrogen and oxygen atoms in total. The van der Waals surface area contributed by atoms with Crippen molar-refractivity contribution < 1.29 is 23.1 Å². The molecular formula is C17H16BrF3N2O2. The number of hydrogen-bond acceptors (Lipinski definition) is 2. The van der Waals surface area contributed by atoms with Crippen molar-refractivity contribution in [2.45, 2.75) is 25.2 Å². The Hall–Kier alpha value is -2.06. The molecule has 0 heterocycles. The molecule has 2 aromatic rings. The average Bonchev–Trinajstić information content (AvgIpc) is 2.54. The molecule has 0 aliphatic rings. The van der Waals surface area contributed by atoms with Gasteiger partial charge in [0.05, 0.1) is 17.7 Å². The summed E-state index contributed by atoms with van der Waals surface area (Å²) in [6.07, 6.45) is -5.35. The Labute approximate surface area is 151 Å². The standard InChI is InChI=1S/C17H16BrF3N2O2/c1-10(15(24)11-2-6-13(18)7-3-11)22-16(25)23-14-8-4-12(5-9-14)17(19,20)21/h2-10,15,24H,1H3,(H2,22,23,25). The van der Waals surface area contributed by atoms with E-state index < -0.39 is 29.9 Å². The van der Waals surface area contributed by atoms with Crippen LogP contribution >= 0.6 is 15.9 Å². The maximum absolute atomic E-state index is 12.5. The van der Waals surface area contributed by atoms with E-state index >= 15 is 0 Å². The zero-order valence-electron chi connectivity index (χ0n) is 13.1. The molecule has 134 valence electrons. The second kappa shape index (κ2) is 7.88. The number of benzene rings is 2. The van der Waals surface area contributed by atoms with Gasteiger partial charge in [0.2, 0.25) is 0 Å². The van der Waals surface area contributed by atoms with Gasteiger partial charge in [-0.05, 0) is 48.9 Å². The molecule has 0 fully saturated rings. The van der Waals surface area contributed by atoms with Crippen molar-refractivity contribution >= 4 is 27.6 Å². The van der Waals surface area contributed by atoms with Gasteiger partial charge in [0.25, 0.3) is 0 Å². The molecule has 2 unspecified atom stereocenters. The molecule has 0 spiro atoms. The molecule has 0 aliphatic carbocycles. The van der Waals surface area contributed by atoms with Crippen LogP contribution in [0.25, 0.3) is 0 Å². The summed E-state index contributed by atoms with van der Waals surface area (Å²) in [7, 11) is 0. The van der Waals surface area contributed by atoms with E-state index in [1.54, 1.807) is 31.2 Å². The number of urea groups is 1. The van der Waals surface area contributed by atoms with E-state index in [1.807, 2.05) is 0 Å². The van der Waals surface area contributed by atoms with Gasteiger partial charge in [0, 0.05) is 10.2 Å². The van der Waals surface area contributed by atoms with Crippen molar-refractivity contribution in [3.05, 3.63) is 64.1 Å². The van der Waals surface area contributed by atoms with Gasteiger partial charge in [0.1, 0.15) is 0 Å². The third-order valence-electron chi connectivity index (χ3n) is 3.51. The van der Waals surface area contributed by atoms with Crippen LogP contribution in [0.4, 0.5) is 23.7 Å². The first-order chi connectivity index (χ1) is 11.7. The van der Waals surface area contributed by atoms with E-state index in [-0.39, 0.29) is 5.69 Å². The lowest BCUT2D eigenvalue weighted by Crippen LogP contribution is -2.39. The summed E-state index contributed by atoms with van der Waals surface area (Å²) in [6, 6.07) is 9.86. The monoisotopic (exact) mass is 416 g/mol. The normalized spacial score (nSPS) is 13.8. The van der Waals surface area contributed by atoms with Crippen molar-refractivity contribution in [3.8, 4) is 0 Å². The van der Waals surface area contributed by atoms with Crippen molar-refractivity contribution in [3.63, 3.8) is 0 Å². The van der Waals surface area contributed by atoms with Crippen LogP contribution in [-0.4, -0.2) is 17.2 Å². The first kappa shape index (κ1) is 19.3. The highest BCUT2D eigenvalue weighted by atomic mass is 79.9. The SMILES string of the molecule is CC(NC(=O)Nc1ccc(C(F)(F)F)cc1)C(O)c1ccc(Br)cc1. The number of aliphatic hydroxyl groups excluding tert-OH is 1. The molecule has 25 heavy (non-hydrogen) atoms. The number of aliphatic hydroxyl groups is 1. The number of halogens is 4. The fraction of sp³-hybridized carbons (Fsp3) is 0.235. The predicted molar refractivity (Wildman–Crippen MR) is 92.2 cm³/mol. The minimum absolute atomic E-state index is 0.218. The van der Waals surface area contributed by atoms with Gasteiger partial charge in [-0.2, -0.15) is 13.2 Å². The van der Waals surface area contributed by atoms with Crippen LogP contribution in [0.1, 0.15) is 24.2 Å². The fourth-order valence-electron chi connectivity index (χ4n) is 2.14. The van der Waals surface area contributed by atoms with Crippen LogP contribution < -0.4 is 10.6 Å². The topological polar surface area (TPSA) is 61.4 Å². The molecule has 0 aromatic heterocycles. The van der Waals surface area contributed by atoms with Crippen LogP contribution in [0.15, 0.2) is 53.0 Å². The number of anilines is 1. The average molecular weight is 417 g/mol. The Morgan fingerprint density at radius 1 is 1.08 bits per heavy atom. The molecule has 2 atom stereocenters. The maximum atomic E-state index is 12.5. The summed E-state index contributed by atoms with van der Waals surface area (Å²) in [4.78, 5) is 11.9. The Bertz CT molecular complexity index is 718. The van der Waals surface area contributed by atoms with E-state index in [9.17, 15) is 23.1 Å². The Balaban J connectivity index is 1.94. The highest BCUT2D eigenvalue weighted by Gasteiger charge is 2.30. The van der Waals surface area contributed by atoms with Gasteiger partial charge in [-0.15, -0.1) is 0 Å². The van der Waals surface area contributed by atoms with Crippen LogP contribution in [0.3, 0.4) is 0 Å². The van der Waals surface area contributed by atoms with Crippen molar-refractivity contribution in [1.82, 2.24) is 5.32 Å². The molecular weight excluding hydrogens is 401 g/mol. The number of amides is 2. The van der Waals surface area contributed by atoms with E-state index in [1.165, 1.54) is 0 Å². The van der Waals surface area contributed by atoms with Crippen LogP contribution in [0.5, 0.6) is 0 Å². The van der Waals surface area contributed by atoms with Crippen molar-refractivity contribution in [2.75, 3.05) is 5.32 Å². The number of nitrogens with one attached hydrogen (secondary N) is 2. The van der Waals surface area contributed by atoms with Crippen molar-refractivity contribution in [1.29, 1.82) is 0 Å². The van der Waals surface area contributed by atoms with Gasteiger partial charge in [0.15, 0.2) is 0 Å². The minimum Gasteiger partial charge on any atom is -0.386 e. The van der Waals surface area contributed by atoms with Gasteiger partial charge in [-0.3, -0.25) is 0 Å². The predicted octanol–water partition coefficient (Wildman–Crippen LogP) is 4.71. The Kier molecular flexibility index (Phi) is 6.07. The van der Waals surface area contributed by atoms with E-state index in [2.05, 4.69) is 26.6 Å². The first-order valence-corrected chi connectivity index (χ1v) is 8.14. The fourth-order valence-corrected chi connectivity index (χ4v) is 2.41. The van der Waals surface area contributed by atoms with Crippen LogP contribution in [0, 0.1) is 0 Å². The number of carbonyl (C=O) groups is 1. The zero-order valence-corrected chi connectivity index (χ0v) is 14.7. The second-order valence-corrected chi connectivity index (χ2v) is 6.37. The van der Waals surface area contributed by atoms with E-state index in [4.69, 9.17) is 0 Å². The lowest BCUT2D eigenvalue weighted by Gasteiger charge is -2.21. The summed E-state index contributed by atoms with van der Waals surface area (Å²) in [5.41, 5.74) is 0.0545. The van der Waals surface area contributed by atoms with Gasteiger partial charge in [-0.25, -0.2) is 4.79 Å². The number of hydrogen-bond donors (Lipinski definition) is 3.